The number of carboxylic acid groups (broad SMARTS) is 1. The standard InChI is InChI=1S/C37H60N9O20P3S2/c1-36(2)14-20(36)31(50)45-22(8-6-5-7-12-70-16-21(38)34(52)53)35(54)71-13-11-40-24(47)9-10-41-32(51)28(49)37(3,4)17-63-69(60,61)66-68(58,59)62-15-23-27(65-67(55,56)57)26(48)33(64-23)46-19-44-25-29(39)42-18-43-30(25)46/h8,18-21,23,26-28,33,48-49H,5-7,9-17,38H2,1-4H3,(H,40,47)(H,41,51)(H,45,50)(H,52,53)(H,58,59)(H,60,61)(H2,39,42,43)(H2,55,56,57)/b22-8-/t20-,21-,23?,26?,27?,28?,33?/m1/s1. The first kappa shape index (κ1) is 60.1. The fourth-order valence-electron chi connectivity index (χ4n) is 6.55. The third kappa shape index (κ3) is 18.8. The maximum atomic E-state index is 13.1. The number of nitrogens with two attached hydrogens (primary N) is 2. The first-order valence-corrected chi connectivity index (χ1v) is 28.2. The minimum absolute atomic E-state index is 0.0146. The highest BCUT2D eigenvalue weighted by molar-refractivity contribution is 8.14. The van der Waals surface area contributed by atoms with Gasteiger partial charge in [-0.05, 0) is 36.9 Å². The molecule has 1 saturated carbocycles. The number of aromatic nitrogens is 4. The Labute approximate surface area is 414 Å². The van der Waals surface area contributed by atoms with Gasteiger partial charge in [-0.2, -0.15) is 16.1 Å². The van der Waals surface area contributed by atoms with Crippen molar-refractivity contribution in [1.82, 2.24) is 35.5 Å². The predicted octanol–water partition coefficient (Wildman–Crippen LogP) is 0.0263. The molecule has 1 aliphatic carbocycles. The third-order valence-corrected chi connectivity index (χ3v) is 15.9. The predicted molar refractivity (Wildman–Crippen MR) is 252 cm³/mol. The zero-order valence-electron chi connectivity index (χ0n) is 38.8. The molecule has 71 heavy (non-hydrogen) atoms. The topological polar surface area (TPSA) is 456 Å². The Morgan fingerprint density at radius 3 is 2.35 bits per heavy atom. The van der Waals surface area contributed by atoms with Crippen LogP contribution < -0.4 is 27.4 Å². The molecule has 0 bridgehead atoms. The Balaban J connectivity index is 1.18. The number of anilines is 1. The molecule has 1 aliphatic heterocycles. The van der Waals surface area contributed by atoms with Crippen LogP contribution in [0.25, 0.3) is 11.2 Å². The number of amides is 3. The van der Waals surface area contributed by atoms with Crippen LogP contribution in [-0.4, -0.2) is 157 Å². The summed E-state index contributed by atoms with van der Waals surface area (Å²) in [7, 11) is -16.5. The number of hydrogen-bond acceptors (Lipinski definition) is 22. The number of nitrogens with one attached hydrogen (secondary N) is 3. The van der Waals surface area contributed by atoms with Gasteiger partial charge >= 0.3 is 29.4 Å². The summed E-state index contributed by atoms with van der Waals surface area (Å²) in [5, 5.41) is 37.8. The van der Waals surface area contributed by atoms with Gasteiger partial charge in [0.05, 0.1) is 25.2 Å². The number of rotatable bonds is 30. The lowest BCUT2D eigenvalue weighted by Crippen LogP contribution is -2.46. The van der Waals surface area contributed by atoms with E-state index in [4.69, 9.17) is 30.4 Å². The summed E-state index contributed by atoms with van der Waals surface area (Å²) in [6.07, 6.45) is -3.00. The SMILES string of the molecule is CC(C)(COP(=O)(O)OP(=O)(O)OCC1OC(n2cnc3c(N)ncnc32)C(O)C1OP(=O)(O)O)C(O)C(=O)NCCC(=O)NCCSC(=O)/C(=C/CCCCSC[C@@H](N)C(=O)O)NC(=O)[C@H]1CC1(C)C. The van der Waals surface area contributed by atoms with Gasteiger partial charge in [-0.3, -0.25) is 42.1 Å². The number of imidazole rings is 1. The number of carbonyl (C=O) groups is 5. The van der Waals surface area contributed by atoms with E-state index in [1.807, 2.05) is 13.8 Å². The fourth-order valence-corrected chi connectivity index (χ4v) is 11.0. The summed E-state index contributed by atoms with van der Waals surface area (Å²) in [6, 6.07) is -0.953. The van der Waals surface area contributed by atoms with E-state index in [-0.39, 0.29) is 70.9 Å². The molecule has 3 amide bonds. The van der Waals surface area contributed by atoms with Crippen molar-refractivity contribution in [3.8, 4) is 0 Å². The normalized spacial score (nSPS) is 22.7. The van der Waals surface area contributed by atoms with Crippen molar-refractivity contribution in [2.24, 2.45) is 22.5 Å². The third-order valence-electron chi connectivity index (χ3n) is 10.7. The Bertz CT molecular complexity index is 2410. The molecule has 4 rings (SSSR count). The van der Waals surface area contributed by atoms with Crippen LogP contribution in [-0.2, 0) is 60.3 Å². The first-order valence-electron chi connectivity index (χ1n) is 21.6. The van der Waals surface area contributed by atoms with Crippen molar-refractivity contribution >= 4 is 92.8 Å². The molecular formula is C37H60N9O20P3S2. The molecule has 14 N–H and O–H groups in total. The van der Waals surface area contributed by atoms with Crippen LogP contribution in [0, 0.1) is 16.7 Å². The molecule has 2 fully saturated rings. The molecule has 2 aromatic rings. The quantitative estimate of drug-likeness (QED) is 0.0279. The van der Waals surface area contributed by atoms with Gasteiger partial charge in [0, 0.05) is 42.3 Å². The minimum Gasteiger partial charge on any atom is -0.480 e. The lowest BCUT2D eigenvalue weighted by Gasteiger charge is -2.30. The molecule has 29 nitrogen and oxygen atoms in total. The average Bonchev–Trinajstić information content (AvgIpc) is 3.54. The number of allylic oxidation sites excluding steroid dienone is 1. The van der Waals surface area contributed by atoms with Crippen LogP contribution in [0.1, 0.15) is 66.0 Å². The summed E-state index contributed by atoms with van der Waals surface area (Å²) in [5.74, 6) is -2.12. The number of carbonyl (C=O) groups excluding carboxylic acids is 4. The van der Waals surface area contributed by atoms with Gasteiger partial charge in [-0.1, -0.05) is 45.5 Å². The van der Waals surface area contributed by atoms with Crippen molar-refractivity contribution in [2.45, 2.75) is 96.5 Å². The number of ether oxygens (including phenoxy) is 1. The number of fused-ring (bicyclic) bond motifs is 1. The minimum atomic E-state index is -5.62. The molecular weight excluding hydrogens is 1050 g/mol. The van der Waals surface area contributed by atoms with Crippen molar-refractivity contribution in [3.63, 3.8) is 0 Å². The number of aliphatic hydroxyl groups excluding tert-OH is 2. The lowest BCUT2D eigenvalue weighted by molar-refractivity contribution is -0.138. The molecule has 3 heterocycles. The van der Waals surface area contributed by atoms with E-state index in [9.17, 15) is 67.5 Å². The van der Waals surface area contributed by atoms with Crippen molar-refractivity contribution in [3.05, 3.63) is 24.4 Å². The molecule has 9 atom stereocenters. The highest BCUT2D eigenvalue weighted by atomic mass is 32.2. The number of carboxylic acids is 1. The molecule has 2 aromatic heterocycles. The average molecular weight is 1110 g/mol. The maximum absolute atomic E-state index is 13.1. The number of nitrogen functional groups attached to an aromatic ring is 1. The largest absolute Gasteiger partial charge is 0.481 e. The van der Waals surface area contributed by atoms with E-state index >= 15 is 0 Å². The number of aliphatic carboxylic acids is 1. The van der Waals surface area contributed by atoms with Crippen LogP contribution in [0.15, 0.2) is 24.4 Å². The zero-order valence-corrected chi connectivity index (χ0v) is 43.1. The van der Waals surface area contributed by atoms with E-state index in [0.29, 0.717) is 25.0 Å². The van der Waals surface area contributed by atoms with Gasteiger partial charge < -0.3 is 67.0 Å². The second-order valence-corrected chi connectivity index (χ2v) is 24.0. The second kappa shape index (κ2) is 25.7. The smallest absolute Gasteiger partial charge is 0.480 e. The second-order valence-electron chi connectivity index (χ2n) is 17.6. The molecule has 0 aromatic carbocycles. The Kier molecular flexibility index (Phi) is 21.7. The zero-order chi connectivity index (χ0) is 53.1. The summed E-state index contributed by atoms with van der Waals surface area (Å²) in [5.41, 5.74) is 9.65. The van der Waals surface area contributed by atoms with Gasteiger partial charge in [-0.15, -0.1) is 0 Å². The molecule has 0 radical (unpaired) electrons. The van der Waals surface area contributed by atoms with E-state index in [2.05, 4.69) is 39.7 Å². The molecule has 1 saturated heterocycles. The molecule has 400 valence electrons. The lowest BCUT2D eigenvalue weighted by atomic mass is 9.87. The van der Waals surface area contributed by atoms with E-state index in [1.165, 1.54) is 25.6 Å². The molecule has 7 unspecified atom stereocenters. The Hall–Kier alpha value is -3.45. The Morgan fingerprint density at radius 1 is 1.03 bits per heavy atom. The van der Waals surface area contributed by atoms with E-state index in [0.717, 1.165) is 35.4 Å². The van der Waals surface area contributed by atoms with Gasteiger partial charge in [0.15, 0.2) is 17.7 Å². The molecule has 0 spiro atoms. The maximum Gasteiger partial charge on any atom is 0.481 e. The summed E-state index contributed by atoms with van der Waals surface area (Å²) < 4.78 is 62.5. The monoisotopic (exact) mass is 1110 g/mol. The van der Waals surface area contributed by atoms with Gasteiger partial charge in [-0.25, -0.2) is 28.6 Å². The molecule has 34 heteroatoms. The highest BCUT2D eigenvalue weighted by Crippen LogP contribution is 2.61. The number of nitrogens with zero attached hydrogens (tertiary/aromatic N) is 4. The number of thioether (sulfide) groups is 2. The summed E-state index contributed by atoms with van der Waals surface area (Å²) in [4.78, 5) is 113. The number of phosphoric ester groups is 3. The fraction of sp³-hybridized carbons (Fsp3) is 0.676. The van der Waals surface area contributed by atoms with Crippen LogP contribution in [0.4, 0.5) is 5.82 Å². The van der Waals surface area contributed by atoms with Crippen LogP contribution in [0.5, 0.6) is 0 Å². The number of unbranched alkanes of at least 4 members (excludes halogenated alkanes) is 2. The number of hydrogen-bond donors (Lipinski definition) is 12. The highest BCUT2D eigenvalue weighted by Gasteiger charge is 2.52. The number of aliphatic hydroxyl groups is 2. The van der Waals surface area contributed by atoms with Crippen LogP contribution in [0.2, 0.25) is 0 Å². The van der Waals surface area contributed by atoms with Gasteiger partial charge in [0.1, 0.15) is 42.3 Å². The Morgan fingerprint density at radius 2 is 1.70 bits per heavy atom. The van der Waals surface area contributed by atoms with Crippen LogP contribution >= 0.6 is 47.0 Å². The van der Waals surface area contributed by atoms with E-state index < -0.39 is 102 Å². The van der Waals surface area contributed by atoms with Crippen molar-refractivity contribution < 1.29 is 95.2 Å². The van der Waals surface area contributed by atoms with Crippen LogP contribution in [0.3, 0.4) is 0 Å². The van der Waals surface area contributed by atoms with Crippen molar-refractivity contribution in [2.75, 3.05) is 49.3 Å². The van der Waals surface area contributed by atoms with E-state index in [1.54, 1.807) is 6.08 Å². The summed E-state index contributed by atoms with van der Waals surface area (Å²) in [6.45, 7) is 4.02. The van der Waals surface area contributed by atoms with Crippen molar-refractivity contribution in [1.29, 1.82) is 0 Å². The van der Waals surface area contributed by atoms with Gasteiger partial charge in [0.2, 0.25) is 22.8 Å². The van der Waals surface area contributed by atoms with Gasteiger partial charge in [0.25, 0.3) is 0 Å². The summed E-state index contributed by atoms with van der Waals surface area (Å²) >= 11 is 2.28. The molecule has 2 aliphatic rings. The first-order chi connectivity index (χ1) is 32.9. The number of phosphoric acid groups is 3.